The van der Waals surface area contributed by atoms with E-state index in [0.29, 0.717) is 0 Å². The molecule has 1 saturated carbocycles. The Balaban J connectivity index is 2.23. The maximum atomic E-state index is 3.44. The van der Waals surface area contributed by atoms with Crippen LogP contribution < -0.4 is 5.32 Å². The van der Waals surface area contributed by atoms with Gasteiger partial charge in [0.05, 0.1) is 0 Å². The lowest BCUT2D eigenvalue weighted by Crippen LogP contribution is -2.37. The predicted octanol–water partition coefficient (Wildman–Crippen LogP) is 2.35. The van der Waals surface area contributed by atoms with Crippen LogP contribution in [0.3, 0.4) is 0 Å². The molecule has 90 valence electrons. The van der Waals surface area contributed by atoms with Gasteiger partial charge in [-0.1, -0.05) is 27.7 Å². The van der Waals surface area contributed by atoms with Crippen molar-refractivity contribution < 1.29 is 0 Å². The lowest BCUT2D eigenvalue weighted by molar-refractivity contribution is 0.203. The van der Waals surface area contributed by atoms with Crippen LogP contribution in [0, 0.1) is 11.8 Å². The van der Waals surface area contributed by atoms with E-state index in [9.17, 15) is 0 Å². The summed E-state index contributed by atoms with van der Waals surface area (Å²) in [4.78, 5) is 2.70. The molecule has 15 heavy (non-hydrogen) atoms. The van der Waals surface area contributed by atoms with Crippen molar-refractivity contribution in [3.8, 4) is 0 Å². The fraction of sp³-hybridized carbons (Fsp3) is 1.00. The molecule has 1 unspecified atom stereocenters. The average molecular weight is 212 g/mol. The summed E-state index contributed by atoms with van der Waals surface area (Å²) in [5, 5.41) is 3.44. The van der Waals surface area contributed by atoms with Gasteiger partial charge in [-0.2, -0.15) is 0 Å². The molecule has 0 heterocycles. The third-order valence-corrected chi connectivity index (χ3v) is 2.95. The Bertz CT molecular complexity index is 164. The van der Waals surface area contributed by atoms with Crippen LogP contribution in [0.25, 0.3) is 0 Å². The van der Waals surface area contributed by atoms with Crippen LogP contribution in [0.5, 0.6) is 0 Å². The first kappa shape index (κ1) is 13.0. The summed E-state index contributed by atoms with van der Waals surface area (Å²) in [5.74, 6) is 1.58. The van der Waals surface area contributed by atoms with Crippen LogP contribution in [0.15, 0.2) is 0 Å². The van der Waals surface area contributed by atoms with Gasteiger partial charge in [0.1, 0.15) is 0 Å². The van der Waals surface area contributed by atoms with Gasteiger partial charge >= 0.3 is 0 Å². The van der Waals surface area contributed by atoms with Gasteiger partial charge in [0.15, 0.2) is 0 Å². The molecule has 1 atom stereocenters. The van der Waals surface area contributed by atoms with Crippen molar-refractivity contribution in [1.29, 1.82) is 0 Å². The summed E-state index contributed by atoms with van der Waals surface area (Å²) < 4.78 is 0. The van der Waals surface area contributed by atoms with Crippen LogP contribution >= 0.6 is 0 Å². The molecule has 0 bridgehead atoms. The van der Waals surface area contributed by atoms with Crippen LogP contribution in [0.1, 0.15) is 40.5 Å². The second-order valence-electron chi connectivity index (χ2n) is 5.49. The molecular formula is C13H28N2. The summed E-state index contributed by atoms with van der Waals surface area (Å²) in [6.45, 7) is 14.0. The Kier molecular flexibility index (Phi) is 5.62. The summed E-state index contributed by atoms with van der Waals surface area (Å²) in [6.07, 6.45) is 2.86. The van der Waals surface area contributed by atoms with E-state index in [-0.39, 0.29) is 0 Å². The standard InChI is InChI=1S/C13H28N2/c1-5-14-8-12(4)10-15(9-11(2)3)13-6-7-13/h11-14H,5-10H2,1-4H3. The molecule has 2 nitrogen and oxygen atoms in total. The summed E-state index contributed by atoms with van der Waals surface area (Å²) in [6, 6.07) is 0.913. The Morgan fingerprint density at radius 3 is 2.33 bits per heavy atom. The van der Waals surface area contributed by atoms with Crippen molar-refractivity contribution in [1.82, 2.24) is 10.2 Å². The second kappa shape index (κ2) is 6.49. The molecule has 1 rings (SSSR count). The average Bonchev–Trinajstić information content (AvgIpc) is 2.96. The van der Waals surface area contributed by atoms with E-state index >= 15 is 0 Å². The molecule has 0 aromatic carbocycles. The summed E-state index contributed by atoms with van der Waals surface area (Å²) >= 11 is 0. The molecule has 1 aliphatic carbocycles. The van der Waals surface area contributed by atoms with Crippen molar-refractivity contribution >= 4 is 0 Å². The van der Waals surface area contributed by atoms with Crippen molar-refractivity contribution in [3.05, 3.63) is 0 Å². The van der Waals surface area contributed by atoms with E-state index in [0.717, 1.165) is 31.0 Å². The minimum atomic E-state index is 0.782. The zero-order chi connectivity index (χ0) is 11.3. The highest BCUT2D eigenvalue weighted by atomic mass is 15.2. The first-order valence-corrected chi connectivity index (χ1v) is 6.58. The SMILES string of the molecule is CCNCC(C)CN(CC(C)C)C1CC1. The fourth-order valence-corrected chi connectivity index (χ4v) is 2.14. The molecule has 1 N–H and O–H groups in total. The highest BCUT2D eigenvalue weighted by Gasteiger charge is 2.29. The smallest absolute Gasteiger partial charge is 0.00966 e. The first-order valence-electron chi connectivity index (χ1n) is 6.58. The van der Waals surface area contributed by atoms with Gasteiger partial charge in [-0.3, -0.25) is 4.90 Å². The van der Waals surface area contributed by atoms with E-state index in [1.165, 1.54) is 25.9 Å². The van der Waals surface area contributed by atoms with E-state index in [1.54, 1.807) is 0 Å². The van der Waals surface area contributed by atoms with Crippen LogP contribution in [-0.2, 0) is 0 Å². The van der Waals surface area contributed by atoms with Crippen molar-refractivity contribution in [2.45, 2.75) is 46.6 Å². The Labute approximate surface area is 95.4 Å². The number of rotatable bonds is 8. The monoisotopic (exact) mass is 212 g/mol. The number of nitrogens with one attached hydrogen (secondary N) is 1. The van der Waals surface area contributed by atoms with Gasteiger partial charge in [0, 0.05) is 19.1 Å². The lowest BCUT2D eigenvalue weighted by atomic mass is 10.1. The van der Waals surface area contributed by atoms with Gasteiger partial charge in [-0.25, -0.2) is 0 Å². The zero-order valence-electron chi connectivity index (χ0n) is 10.9. The lowest BCUT2D eigenvalue weighted by Gasteiger charge is -2.27. The van der Waals surface area contributed by atoms with E-state index in [4.69, 9.17) is 0 Å². The Morgan fingerprint density at radius 2 is 1.87 bits per heavy atom. The van der Waals surface area contributed by atoms with Gasteiger partial charge in [-0.05, 0) is 37.8 Å². The molecular weight excluding hydrogens is 184 g/mol. The van der Waals surface area contributed by atoms with Crippen LogP contribution in [-0.4, -0.2) is 37.1 Å². The normalized spacial score (nSPS) is 18.8. The van der Waals surface area contributed by atoms with E-state index in [2.05, 4.69) is 37.9 Å². The molecule has 1 fully saturated rings. The van der Waals surface area contributed by atoms with Crippen molar-refractivity contribution in [3.63, 3.8) is 0 Å². The Morgan fingerprint density at radius 1 is 1.20 bits per heavy atom. The van der Waals surface area contributed by atoms with Gasteiger partial charge in [-0.15, -0.1) is 0 Å². The van der Waals surface area contributed by atoms with Crippen LogP contribution in [0.4, 0.5) is 0 Å². The maximum Gasteiger partial charge on any atom is 0.00966 e. The molecule has 1 aliphatic rings. The second-order valence-corrected chi connectivity index (χ2v) is 5.49. The first-order chi connectivity index (χ1) is 7.13. The van der Waals surface area contributed by atoms with Gasteiger partial charge in [0.2, 0.25) is 0 Å². The predicted molar refractivity (Wildman–Crippen MR) is 67.1 cm³/mol. The molecule has 0 aromatic heterocycles. The molecule has 2 heteroatoms. The maximum absolute atomic E-state index is 3.44. The zero-order valence-corrected chi connectivity index (χ0v) is 10.9. The summed E-state index contributed by atoms with van der Waals surface area (Å²) in [7, 11) is 0. The van der Waals surface area contributed by atoms with Crippen molar-refractivity contribution in [2.75, 3.05) is 26.2 Å². The molecule has 0 radical (unpaired) electrons. The fourth-order valence-electron chi connectivity index (χ4n) is 2.14. The van der Waals surface area contributed by atoms with Gasteiger partial charge in [0.25, 0.3) is 0 Å². The van der Waals surface area contributed by atoms with E-state index in [1.807, 2.05) is 0 Å². The highest BCUT2D eigenvalue weighted by Crippen LogP contribution is 2.28. The summed E-state index contributed by atoms with van der Waals surface area (Å²) in [5.41, 5.74) is 0. The van der Waals surface area contributed by atoms with E-state index < -0.39 is 0 Å². The molecule has 0 aromatic rings. The Hall–Kier alpha value is -0.0800. The minimum Gasteiger partial charge on any atom is -0.317 e. The van der Waals surface area contributed by atoms with Crippen molar-refractivity contribution in [2.24, 2.45) is 11.8 Å². The molecule has 0 aliphatic heterocycles. The minimum absolute atomic E-state index is 0.782. The largest absolute Gasteiger partial charge is 0.317 e. The van der Waals surface area contributed by atoms with Gasteiger partial charge < -0.3 is 5.32 Å². The number of hydrogen-bond acceptors (Lipinski definition) is 2. The molecule has 0 spiro atoms. The van der Waals surface area contributed by atoms with Crippen LogP contribution in [0.2, 0.25) is 0 Å². The third-order valence-electron chi connectivity index (χ3n) is 2.95. The molecule has 0 amide bonds. The number of hydrogen-bond donors (Lipinski definition) is 1. The topological polar surface area (TPSA) is 15.3 Å². The third kappa shape index (κ3) is 5.53. The number of nitrogens with zero attached hydrogens (tertiary/aromatic N) is 1. The highest BCUT2D eigenvalue weighted by molar-refractivity contribution is 4.85. The molecule has 0 saturated heterocycles. The quantitative estimate of drug-likeness (QED) is 0.664.